The van der Waals surface area contributed by atoms with E-state index in [1.807, 2.05) is 30.5 Å². The molecule has 1 aromatic carbocycles. The lowest BCUT2D eigenvalue weighted by molar-refractivity contribution is -0.115. The van der Waals surface area contributed by atoms with Crippen molar-refractivity contribution >= 4 is 11.6 Å². The van der Waals surface area contributed by atoms with E-state index in [-0.39, 0.29) is 5.91 Å². The van der Waals surface area contributed by atoms with Gasteiger partial charge in [0.05, 0.1) is 12.5 Å². The monoisotopic (exact) mass is 346 g/mol. The van der Waals surface area contributed by atoms with Crippen molar-refractivity contribution in [2.24, 2.45) is 0 Å². The van der Waals surface area contributed by atoms with Gasteiger partial charge in [0.25, 0.3) is 0 Å². The molecule has 5 nitrogen and oxygen atoms in total. The Kier molecular flexibility index (Phi) is 4.52. The standard InChI is InChI=1S/C21H22N4O/c1-15-23-14-19-5-2-6-20(25(15)19)17-7-9-18(10-8-17)24-21(26)12-16-4-3-11-22-13-16/h3-4,7-11,13-14,20H,2,5-6,12H2,1H3,(H,24,26)/t20-/m1/s1. The number of pyridine rings is 1. The fourth-order valence-electron chi connectivity index (χ4n) is 3.71. The molecule has 0 unspecified atom stereocenters. The van der Waals surface area contributed by atoms with Gasteiger partial charge >= 0.3 is 0 Å². The minimum atomic E-state index is -0.0313. The number of rotatable bonds is 4. The average Bonchev–Trinajstić information content (AvgIpc) is 3.04. The third-order valence-electron chi connectivity index (χ3n) is 4.95. The largest absolute Gasteiger partial charge is 0.326 e. The Balaban J connectivity index is 1.46. The lowest BCUT2D eigenvalue weighted by Gasteiger charge is -2.27. The summed E-state index contributed by atoms with van der Waals surface area (Å²) in [5.74, 6) is 1.04. The van der Waals surface area contributed by atoms with Gasteiger partial charge in [0, 0.05) is 30.0 Å². The number of aromatic nitrogens is 3. The quantitative estimate of drug-likeness (QED) is 0.784. The van der Waals surface area contributed by atoms with Crippen LogP contribution in [-0.4, -0.2) is 20.4 Å². The van der Waals surface area contributed by atoms with E-state index in [0.29, 0.717) is 12.5 Å². The van der Waals surface area contributed by atoms with Gasteiger partial charge in [0.2, 0.25) is 5.91 Å². The van der Waals surface area contributed by atoms with Gasteiger partial charge in [0.1, 0.15) is 5.82 Å². The Hall–Kier alpha value is -2.95. The Labute approximate surface area is 153 Å². The van der Waals surface area contributed by atoms with Crippen LogP contribution >= 0.6 is 0 Å². The average molecular weight is 346 g/mol. The fourth-order valence-corrected chi connectivity index (χ4v) is 3.71. The number of carbonyl (C=O) groups excluding carboxylic acids is 1. The molecule has 2 aromatic heterocycles. The van der Waals surface area contributed by atoms with E-state index >= 15 is 0 Å². The maximum absolute atomic E-state index is 12.2. The summed E-state index contributed by atoms with van der Waals surface area (Å²) in [4.78, 5) is 20.7. The van der Waals surface area contributed by atoms with Gasteiger partial charge in [-0.1, -0.05) is 18.2 Å². The number of nitrogens with one attached hydrogen (secondary N) is 1. The van der Waals surface area contributed by atoms with Crippen molar-refractivity contribution in [3.05, 3.63) is 77.6 Å². The van der Waals surface area contributed by atoms with E-state index in [0.717, 1.165) is 29.9 Å². The topological polar surface area (TPSA) is 59.8 Å². The summed E-state index contributed by atoms with van der Waals surface area (Å²) in [7, 11) is 0. The Morgan fingerprint density at radius 1 is 1.23 bits per heavy atom. The van der Waals surface area contributed by atoms with Crippen LogP contribution in [0.1, 0.15) is 41.5 Å². The number of anilines is 1. The first-order valence-corrected chi connectivity index (χ1v) is 9.02. The van der Waals surface area contributed by atoms with Crippen molar-refractivity contribution in [1.29, 1.82) is 0 Å². The van der Waals surface area contributed by atoms with Gasteiger partial charge in [-0.2, -0.15) is 0 Å². The molecule has 1 N–H and O–H groups in total. The van der Waals surface area contributed by atoms with Crippen LogP contribution in [0.4, 0.5) is 5.69 Å². The highest BCUT2D eigenvalue weighted by Crippen LogP contribution is 2.32. The molecule has 1 amide bonds. The van der Waals surface area contributed by atoms with Crippen LogP contribution in [0.15, 0.2) is 55.0 Å². The predicted octanol–water partition coefficient (Wildman–Crippen LogP) is 3.69. The molecular formula is C21H22N4O. The lowest BCUT2D eigenvalue weighted by Crippen LogP contribution is -2.20. The maximum Gasteiger partial charge on any atom is 0.228 e. The van der Waals surface area contributed by atoms with Crippen LogP contribution < -0.4 is 5.32 Å². The summed E-state index contributed by atoms with van der Waals surface area (Å²) in [5.41, 5.74) is 4.30. The molecule has 0 bridgehead atoms. The molecule has 0 saturated carbocycles. The van der Waals surface area contributed by atoms with Crippen molar-refractivity contribution in [1.82, 2.24) is 14.5 Å². The molecule has 0 aliphatic carbocycles. The number of fused-ring (bicyclic) bond motifs is 1. The van der Waals surface area contributed by atoms with Crippen molar-refractivity contribution in [2.45, 2.75) is 38.6 Å². The number of hydrogen-bond acceptors (Lipinski definition) is 3. The summed E-state index contributed by atoms with van der Waals surface area (Å²) < 4.78 is 2.35. The van der Waals surface area contributed by atoms with E-state index in [2.05, 4.69) is 38.9 Å². The van der Waals surface area contributed by atoms with Gasteiger partial charge < -0.3 is 9.88 Å². The molecule has 4 rings (SSSR count). The predicted molar refractivity (Wildman–Crippen MR) is 101 cm³/mol. The second-order valence-corrected chi connectivity index (χ2v) is 6.78. The Morgan fingerprint density at radius 2 is 2.08 bits per heavy atom. The van der Waals surface area contributed by atoms with Gasteiger partial charge in [-0.3, -0.25) is 9.78 Å². The number of nitrogens with zero attached hydrogens (tertiary/aromatic N) is 3. The summed E-state index contributed by atoms with van der Waals surface area (Å²) >= 11 is 0. The molecule has 0 saturated heterocycles. The SMILES string of the molecule is Cc1ncc2n1[C@@H](c1ccc(NC(=O)Cc3cccnc3)cc1)CCC2. The van der Waals surface area contributed by atoms with Crippen LogP contribution in [0.2, 0.25) is 0 Å². The van der Waals surface area contributed by atoms with Crippen molar-refractivity contribution in [3.63, 3.8) is 0 Å². The minimum absolute atomic E-state index is 0.0313. The van der Waals surface area contributed by atoms with Gasteiger partial charge in [-0.15, -0.1) is 0 Å². The zero-order chi connectivity index (χ0) is 17.9. The molecule has 26 heavy (non-hydrogen) atoms. The van der Waals surface area contributed by atoms with Crippen LogP contribution in [0.25, 0.3) is 0 Å². The molecule has 1 atom stereocenters. The molecule has 5 heteroatoms. The maximum atomic E-state index is 12.2. The second-order valence-electron chi connectivity index (χ2n) is 6.78. The molecule has 0 spiro atoms. The van der Waals surface area contributed by atoms with E-state index in [1.54, 1.807) is 12.4 Å². The third-order valence-corrected chi connectivity index (χ3v) is 4.95. The van der Waals surface area contributed by atoms with Crippen LogP contribution in [-0.2, 0) is 17.6 Å². The lowest BCUT2D eigenvalue weighted by atomic mass is 9.96. The Bertz CT molecular complexity index is 900. The summed E-state index contributed by atoms with van der Waals surface area (Å²) in [6, 6.07) is 12.3. The summed E-state index contributed by atoms with van der Waals surface area (Å²) in [6.45, 7) is 2.06. The van der Waals surface area contributed by atoms with Crippen LogP contribution in [0.3, 0.4) is 0 Å². The normalized spacial score (nSPS) is 16.1. The smallest absolute Gasteiger partial charge is 0.228 e. The first-order chi connectivity index (χ1) is 12.7. The first kappa shape index (κ1) is 16.5. The van der Waals surface area contributed by atoms with E-state index in [1.165, 1.54) is 17.7 Å². The highest BCUT2D eigenvalue weighted by molar-refractivity contribution is 5.92. The molecular weight excluding hydrogens is 324 g/mol. The highest BCUT2D eigenvalue weighted by Gasteiger charge is 2.23. The van der Waals surface area contributed by atoms with Crippen molar-refractivity contribution < 1.29 is 4.79 Å². The molecule has 1 aliphatic heterocycles. The van der Waals surface area contributed by atoms with E-state index in [9.17, 15) is 4.79 Å². The van der Waals surface area contributed by atoms with Gasteiger partial charge in [0.15, 0.2) is 0 Å². The van der Waals surface area contributed by atoms with E-state index < -0.39 is 0 Å². The molecule has 1 aliphatic rings. The van der Waals surface area contributed by atoms with Crippen LogP contribution in [0.5, 0.6) is 0 Å². The van der Waals surface area contributed by atoms with Crippen LogP contribution in [0, 0.1) is 6.92 Å². The first-order valence-electron chi connectivity index (χ1n) is 9.02. The second kappa shape index (κ2) is 7.12. The molecule has 0 radical (unpaired) electrons. The number of benzene rings is 1. The number of carbonyl (C=O) groups is 1. The zero-order valence-corrected chi connectivity index (χ0v) is 14.9. The number of imidazole rings is 1. The number of hydrogen-bond donors (Lipinski definition) is 1. The molecule has 3 aromatic rings. The third kappa shape index (κ3) is 3.38. The Morgan fingerprint density at radius 3 is 2.85 bits per heavy atom. The highest BCUT2D eigenvalue weighted by atomic mass is 16.1. The molecule has 132 valence electrons. The minimum Gasteiger partial charge on any atom is -0.326 e. The van der Waals surface area contributed by atoms with Gasteiger partial charge in [-0.05, 0) is 55.5 Å². The number of aryl methyl sites for hydroxylation is 2. The molecule has 0 fully saturated rings. The van der Waals surface area contributed by atoms with Gasteiger partial charge in [-0.25, -0.2) is 4.98 Å². The summed E-state index contributed by atoms with van der Waals surface area (Å²) in [6.07, 6.45) is 9.15. The molecule has 3 heterocycles. The van der Waals surface area contributed by atoms with Crippen molar-refractivity contribution in [3.8, 4) is 0 Å². The van der Waals surface area contributed by atoms with Crippen molar-refractivity contribution in [2.75, 3.05) is 5.32 Å². The fraction of sp³-hybridized carbons (Fsp3) is 0.286. The number of amides is 1. The summed E-state index contributed by atoms with van der Waals surface area (Å²) in [5, 5.41) is 2.96. The van der Waals surface area contributed by atoms with E-state index in [4.69, 9.17) is 0 Å². The zero-order valence-electron chi connectivity index (χ0n) is 14.9.